The lowest BCUT2D eigenvalue weighted by atomic mass is 10.1. The van der Waals surface area contributed by atoms with Crippen LogP contribution in [0.5, 0.6) is 0 Å². The standard InChI is InChI=1S/C13H12O3/c1-10-4-6-11(7-5-10)13(14)16-9-12-3-2-8-15-12/h2-8H,9H2,1H3. The van der Waals surface area contributed by atoms with E-state index in [4.69, 9.17) is 9.15 Å². The minimum absolute atomic E-state index is 0.166. The van der Waals surface area contributed by atoms with Gasteiger partial charge in [-0.3, -0.25) is 0 Å². The van der Waals surface area contributed by atoms with E-state index in [0.717, 1.165) is 5.56 Å². The van der Waals surface area contributed by atoms with Gasteiger partial charge in [-0.15, -0.1) is 0 Å². The van der Waals surface area contributed by atoms with E-state index in [-0.39, 0.29) is 12.6 Å². The predicted molar refractivity (Wildman–Crippen MR) is 59.0 cm³/mol. The average molecular weight is 216 g/mol. The summed E-state index contributed by atoms with van der Waals surface area (Å²) < 4.78 is 10.1. The van der Waals surface area contributed by atoms with E-state index in [1.165, 1.54) is 0 Å². The van der Waals surface area contributed by atoms with Crippen molar-refractivity contribution in [2.24, 2.45) is 0 Å². The molecule has 0 fully saturated rings. The van der Waals surface area contributed by atoms with E-state index >= 15 is 0 Å². The van der Waals surface area contributed by atoms with Crippen LogP contribution in [0.15, 0.2) is 47.1 Å². The van der Waals surface area contributed by atoms with Gasteiger partial charge in [0, 0.05) is 0 Å². The van der Waals surface area contributed by atoms with Crippen LogP contribution in [-0.4, -0.2) is 5.97 Å². The van der Waals surface area contributed by atoms with Crippen molar-refractivity contribution in [1.29, 1.82) is 0 Å². The molecule has 0 atom stereocenters. The fourth-order valence-corrected chi connectivity index (χ4v) is 1.30. The van der Waals surface area contributed by atoms with E-state index in [2.05, 4.69) is 0 Å². The second-order valence-corrected chi connectivity index (χ2v) is 3.52. The highest BCUT2D eigenvalue weighted by Crippen LogP contribution is 2.07. The van der Waals surface area contributed by atoms with Crippen molar-refractivity contribution < 1.29 is 13.9 Å². The van der Waals surface area contributed by atoms with Gasteiger partial charge in [-0.2, -0.15) is 0 Å². The number of rotatable bonds is 3. The molecule has 3 nitrogen and oxygen atoms in total. The Morgan fingerprint density at radius 3 is 2.62 bits per heavy atom. The first kappa shape index (κ1) is 10.5. The maximum absolute atomic E-state index is 11.6. The molecule has 0 saturated heterocycles. The summed E-state index contributed by atoms with van der Waals surface area (Å²) >= 11 is 0. The van der Waals surface area contributed by atoms with Crippen molar-refractivity contribution >= 4 is 5.97 Å². The first-order valence-electron chi connectivity index (χ1n) is 5.02. The lowest BCUT2D eigenvalue weighted by molar-refractivity contribution is 0.0445. The highest BCUT2D eigenvalue weighted by Gasteiger charge is 2.07. The van der Waals surface area contributed by atoms with Crippen molar-refractivity contribution in [2.45, 2.75) is 13.5 Å². The van der Waals surface area contributed by atoms with Crippen molar-refractivity contribution in [3.63, 3.8) is 0 Å². The SMILES string of the molecule is Cc1ccc(C(=O)OCc2ccco2)cc1. The molecule has 1 aromatic heterocycles. The molecule has 82 valence electrons. The Bertz CT molecular complexity index is 454. The smallest absolute Gasteiger partial charge is 0.338 e. The third-order valence-corrected chi connectivity index (χ3v) is 2.21. The van der Waals surface area contributed by atoms with Gasteiger partial charge in [0.25, 0.3) is 0 Å². The van der Waals surface area contributed by atoms with Crippen molar-refractivity contribution in [3.05, 3.63) is 59.5 Å². The van der Waals surface area contributed by atoms with Gasteiger partial charge in [-0.1, -0.05) is 17.7 Å². The molecule has 3 heteroatoms. The highest BCUT2D eigenvalue weighted by atomic mass is 16.5. The summed E-state index contributed by atoms with van der Waals surface area (Å²) in [7, 11) is 0. The van der Waals surface area contributed by atoms with Crippen molar-refractivity contribution in [1.82, 2.24) is 0 Å². The third-order valence-electron chi connectivity index (χ3n) is 2.21. The van der Waals surface area contributed by atoms with Crippen molar-refractivity contribution in [2.75, 3.05) is 0 Å². The number of aryl methyl sites for hydroxylation is 1. The normalized spacial score (nSPS) is 10.1. The quantitative estimate of drug-likeness (QED) is 0.740. The topological polar surface area (TPSA) is 39.4 Å². The predicted octanol–water partition coefficient (Wildman–Crippen LogP) is 2.95. The summed E-state index contributed by atoms with van der Waals surface area (Å²) in [5, 5.41) is 0. The Morgan fingerprint density at radius 2 is 2.00 bits per heavy atom. The molecule has 1 aromatic carbocycles. The van der Waals surface area contributed by atoms with Gasteiger partial charge in [-0.25, -0.2) is 4.79 Å². The lowest BCUT2D eigenvalue weighted by Crippen LogP contribution is -2.04. The number of hydrogen-bond acceptors (Lipinski definition) is 3. The number of esters is 1. The van der Waals surface area contributed by atoms with Gasteiger partial charge in [0.2, 0.25) is 0 Å². The summed E-state index contributed by atoms with van der Waals surface area (Å²) in [5.74, 6) is 0.303. The van der Waals surface area contributed by atoms with Crippen LogP contribution in [0.1, 0.15) is 21.7 Å². The molecule has 0 unspecified atom stereocenters. The van der Waals surface area contributed by atoms with Gasteiger partial charge in [0.05, 0.1) is 11.8 Å². The molecule has 0 aliphatic rings. The second kappa shape index (κ2) is 4.66. The Morgan fingerprint density at radius 1 is 1.25 bits per heavy atom. The van der Waals surface area contributed by atoms with Gasteiger partial charge in [0.1, 0.15) is 12.4 Å². The molecule has 0 radical (unpaired) electrons. The number of carbonyl (C=O) groups excluding carboxylic acids is 1. The zero-order valence-corrected chi connectivity index (χ0v) is 8.97. The maximum Gasteiger partial charge on any atom is 0.338 e. The Hall–Kier alpha value is -2.03. The monoisotopic (exact) mass is 216 g/mol. The van der Waals surface area contributed by atoms with Crippen LogP contribution in [0.3, 0.4) is 0 Å². The van der Waals surface area contributed by atoms with E-state index in [9.17, 15) is 4.79 Å². The number of furan rings is 1. The van der Waals surface area contributed by atoms with Crippen molar-refractivity contribution in [3.8, 4) is 0 Å². The molecule has 0 aliphatic carbocycles. The number of hydrogen-bond donors (Lipinski definition) is 0. The van der Waals surface area contributed by atoms with E-state index < -0.39 is 0 Å². The minimum Gasteiger partial charge on any atom is -0.466 e. The summed E-state index contributed by atoms with van der Waals surface area (Å²) in [6, 6.07) is 10.8. The van der Waals surface area contributed by atoms with Gasteiger partial charge in [0.15, 0.2) is 0 Å². The average Bonchev–Trinajstić information content (AvgIpc) is 2.80. The van der Waals surface area contributed by atoms with Crippen LogP contribution in [0.4, 0.5) is 0 Å². The maximum atomic E-state index is 11.6. The molecule has 2 rings (SSSR count). The number of benzene rings is 1. The lowest BCUT2D eigenvalue weighted by Gasteiger charge is -2.02. The Kier molecular flexibility index (Phi) is 3.05. The zero-order chi connectivity index (χ0) is 11.4. The molecule has 2 aromatic rings. The summed E-state index contributed by atoms with van der Waals surface area (Å²) in [4.78, 5) is 11.6. The van der Waals surface area contributed by atoms with E-state index in [1.54, 1.807) is 30.5 Å². The van der Waals surface area contributed by atoms with Crippen LogP contribution in [0.25, 0.3) is 0 Å². The Labute approximate surface area is 93.7 Å². The van der Waals surface area contributed by atoms with Crippen LogP contribution < -0.4 is 0 Å². The first-order chi connectivity index (χ1) is 7.75. The molecular weight excluding hydrogens is 204 g/mol. The zero-order valence-electron chi connectivity index (χ0n) is 8.97. The van der Waals surface area contributed by atoms with Gasteiger partial charge in [-0.05, 0) is 31.2 Å². The summed E-state index contributed by atoms with van der Waals surface area (Å²) in [6.45, 7) is 2.14. The molecule has 0 aliphatic heterocycles. The fourth-order valence-electron chi connectivity index (χ4n) is 1.30. The first-order valence-corrected chi connectivity index (χ1v) is 5.02. The molecule has 0 spiro atoms. The molecule has 0 saturated carbocycles. The van der Waals surface area contributed by atoms with Crippen LogP contribution in [0, 0.1) is 6.92 Å². The molecule has 16 heavy (non-hydrogen) atoms. The number of carbonyl (C=O) groups is 1. The summed E-state index contributed by atoms with van der Waals surface area (Å²) in [6.07, 6.45) is 1.55. The van der Waals surface area contributed by atoms with Crippen LogP contribution in [0.2, 0.25) is 0 Å². The van der Waals surface area contributed by atoms with E-state index in [1.807, 2.05) is 19.1 Å². The molecule has 0 N–H and O–H groups in total. The molecule has 1 heterocycles. The van der Waals surface area contributed by atoms with Crippen LogP contribution in [-0.2, 0) is 11.3 Å². The molecule has 0 bridgehead atoms. The second-order valence-electron chi connectivity index (χ2n) is 3.52. The molecule has 0 amide bonds. The third kappa shape index (κ3) is 2.51. The fraction of sp³-hybridized carbons (Fsp3) is 0.154. The number of ether oxygens (including phenoxy) is 1. The van der Waals surface area contributed by atoms with E-state index in [0.29, 0.717) is 11.3 Å². The highest BCUT2D eigenvalue weighted by molar-refractivity contribution is 5.89. The molecular formula is C13H12O3. The summed E-state index contributed by atoms with van der Waals surface area (Å²) in [5.41, 5.74) is 1.67. The van der Waals surface area contributed by atoms with Gasteiger partial charge >= 0.3 is 5.97 Å². The van der Waals surface area contributed by atoms with Crippen LogP contribution >= 0.6 is 0 Å². The largest absolute Gasteiger partial charge is 0.466 e. The van der Waals surface area contributed by atoms with Gasteiger partial charge < -0.3 is 9.15 Å². The Balaban J connectivity index is 1.95. The minimum atomic E-state index is -0.337.